The Morgan fingerprint density at radius 1 is 1.47 bits per heavy atom. The third-order valence-corrected chi connectivity index (χ3v) is 3.11. The molecule has 2 rings (SSSR count). The number of benzene rings is 1. The predicted octanol–water partition coefficient (Wildman–Crippen LogP) is 2.37. The molecule has 0 spiro atoms. The first-order valence-electron chi connectivity index (χ1n) is 4.91. The molecule has 2 aromatic rings. The second-order valence-electron chi connectivity index (χ2n) is 3.32. The molecule has 0 saturated carbocycles. The Bertz CT molecular complexity index is 539. The number of nitrogens with zero attached hydrogens (tertiary/aromatic N) is 2. The molecule has 0 amide bonds. The van der Waals surface area contributed by atoms with Crippen molar-refractivity contribution in [3.63, 3.8) is 0 Å². The summed E-state index contributed by atoms with van der Waals surface area (Å²) in [6, 6.07) is 6.84. The number of aryl methyl sites for hydroxylation is 1. The summed E-state index contributed by atoms with van der Waals surface area (Å²) >= 11 is 1.38. The van der Waals surface area contributed by atoms with Gasteiger partial charge in [0, 0.05) is 11.8 Å². The van der Waals surface area contributed by atoms with Crippen molar-refractivity contribution in [2.75, 3.05) is 0 Å². The molecule has 0 aliphatic carbocycles. The topological polar surface area (TPSA) is 76.2 Å². The van der Waals surface area contributed by atoms with Crippen LogP contribution in [0.15, 0.2) is 33.7 Å². The minimum absolute atomic E-state index is 0.290. The quantitative estimate of drug-likeness (QED) is 0.839. The van der Waals surface area contributed by atoms with E-state index in [1.807, 2.05) is 0 Å². The van der Waals surface area contributed by atoms with Crippen molar-refractivity contribution in [1.82, 2.24) is 10.1 Å². The number of carbonyl (C=O) groups is 1. The van der Waals surface area contributed by atoms with Crippen LogP contribution in [0.5, 0.6) is 0 Å². The molecule has 1 heterocycles. The first-order chi connectivity index (χ1) is 8.16. The fourth-order valence-corrected chi connectivity index (χ4v) is 2.20. The van der Waals surface area contributed by atoms with Gasteiger partial charge in [-0.05, 0) is 12.1 Å². The highest BCUT2D eigenvalue weighted by Gasteiger charge is 2.10. The van der Waals surface area contributed by atoms with E-state index in [0.717, 1.165) is 0 Å². The fraction of sp³-hybridized carbons (Fsp3) is 0.182. The molecule has 0 aliphatic heterocycles. The van der Waals surface area contributed by atoms with Gasteiger partial charge in [0.1, 0.15) is 0 Å². The molecular weight excluding hydrogens is 240 g/mol. The summed E-state index contributed by atoms with van der Waals surface area (Å²) in [6.45, 7) is 1.71. The smallest absolute Gasteiger partial charge is 0.336 e. The Hall–Kier alpha value is -1.82. The summed E-state index contributed by atoms with van der Waals surface area (Å²) in [5, 5.41) is 12.8. The zero-order chi connectivity index (χ0) is 12.3. The fourth-order valence-electron chi connectivity index (χ4n) is 1.31. The van der Waals surface area contributed by atoms with Gasteiger partial charge >= 0.3 is 5.97 Å². The molecule has 0 unspecified atom stereocenters. The van der Waals surface area contributed by atoms with Crippen LogP contribution in [0, 0.1) is 6.92 Å². The third kappa shape index (κ3) is 2.85. The summed E-state index contributed by atoms with van der Waals surface area (Å²) in [4.78, 5) is 15.7. The van der Waals surface area contributed by atoms with E-state index in [9.17, 15) is 4.79 Å². The monoisotopic (exact) mass is 250 g/mol. The first kappa shape index (κ1) is 11.7. The maximum atomic E-state index is 11.0. The summed E-state index contributed by atoms with van der Waals surface area (Å²) in [5.41, 5.74) is 0.290. The van der Waals surface area contributed by atoms with Crippen molar-refractivity contribution in [1.29, 1.82) is 0 Å². The van der Waals surface area contributed by atoms with Crippen LogP contribution in [-0.2, 0) is 5.75 Å². The van der Waals surface area contributed by atoms with Crippen molar-refractivity contribution >= 4 is 17.7 Å². The molecule has 0 aliphatic rings. The van der Waals surface area contributed by atoms with E-state index in [0.29, 0.717) is 22.4 Å². The van der Waals surface area contributed by atoms with E-state index in [2.05, 4.69) is 10.1 Å². The Balaban J connectivity index is 2.11. The van der Waals surface area contributed by atoms with Crippen LogP contribution in [0.25, 0.3) is 0 Å². The summed E-state index contributed by atoms with van der Waals surface area (Å²) < 4.78 is 4.84. The minimum Gasteiger partial charge on any atom is -0.478 e. The van der Waals surface area contributed by atoms with E-state index in [-0.39, 0.29) is 5.56 Å². The number of rotatable bonds is 4. The average molecular weight is 250 g/mol. The van der Waals surface area contributed by atoms with Crippen LogP contribution in [0.1, 0.15) is 22.1 Å². The van der Waals surface area contributed by atoms with Gasteiger partial charge < -0.3 is 9.63 Å². The van der Waals surface area contributed by atoms with Crippen molar-refractivity contribution in [3.05, 3.63) is 41.5 Å². The molecule has 6 heteroatoms. The summed E-state index contributed by atoms with van der Waals surface area (Å²) in [7, 11) is 0. The summed E-state index contributed by atoms with van der Waals surface area (Å²) in [6.07, 6.45) is 0. The number of thioether (sulfide) groups is 1. The zero-order valence-electron chi connectivity index (χ0n) is 9.08. The van der Waals surface area contributed by atoms with E-state index in [1.165, 1.54) is 11.8 Å². The van der Waals surface area contributed by atoms with Gasteiger partial charge in [-0.1, -0.05) is 17.3 Å². The molecule has 0 atom stereocenters. The van der Waals surface area contributed by atoms with Gasteiger partial charge in [0.25, 0.3) is 0 Å². The van der Waals surface area contributed by atoms with Crippen molar-refractivity contribution in [3.8, 4) is 0 Å². The molecule has 0 fully saturated rings. The van der Waals surface area contributed by atoms with Gasteiger partial charge in [0.05, 0.1) is 11.3 Å². The molecule has 5 nitrogen and oxygen atoms in total. The average Bonchev–Trinajstić information content (AvgIpc) is 2.73. The second kappa shape index (κ2) is 5.01. The van der Waals surface area contributed by atoms with Crippen molar-refractivity contribution in [2.24, 2.45) is 0 Å². The van der Waals surface area contributed by atoms with Gasteiger partial charge in [0.15, 0.2) is 5.82 Å². The van der Waals surface area contributed by atoms with E-state index in [1.54, 1.807) is 31.2 Å². The Morgan fingerprint density at radius 2 is 2.24 bits per heavy atom. The number of hydrogen-bond acceptors (Lipinski definition) is 5. The highest BCUT2D eigenvalue weighted by Crippen LogP contribution is 2.25. The van der Waals surface area contributed by atoms with Crippen molar-refractivity contribution < 1.29 is 14.4 Å². The van der Waals surface area contributed by atoms with Crippen LogP contribution < -0.4 is 0 Å². The van der Waals surface area contributed by atoms with Crippen LogP contribution in [-0.4, -0.2) is 21.2 Å². The van der Waals surface area contributed by atoms with E-state index in [4.69, 9.17) is 9.63 Å². The lowest BCUT2D eigenvalue weighted by Gasteiger charge is -2.02. The SMILES string of the molecule is Cc1nc(CSc2ccccc2C(=O)O)no1. The van der Waals surface area contributed by atoms with E-state index >= 15 is 0 Å². The van der Waals surface area contributed by atoms with Crippen LogP contribution >= 0.6 is 11.8 Å². The molecular formula is C11H10N2O3S. The van der Waals surface area contributed by atoms with E-state index < -0.39 is 5.97 Å². The largest absolute Gasteiger partial charge is 0.478 e. The van der Waals surface area contributed by atoms with Gasteiger partial charge in [0.2, 0.25) is 5.89 Å². The van der Waals surface area contributed by atoms with Crippen LogP contribution in [0.3, 0.4) is 0 Å². The molecule has 0 saturated heterocycles. The second-order valence-corrected chi connectivity index (χ2v) is 4.34. The first-order valence-corrected chi connectivity index (χ1v) is 5.89. The summed E-state index contributed by atoms with van der Waals surface area (Å²) in [5.74, 6) is 0.624. The van der Waals surface area contributed by atoms with Crippen LogP contribution in [0.4, 0.5) is 0 Å². The Labute approximate surface area is 102 Å². The maximum absolute atomic E-state index is 11.0. The molecule has 88 valence electrons. The third-order valence-electron chi connectivity index (χ3n) is 2.04. The van der Waals surface area contributed by atoms with Crippen molar-refractivity contribution in [2.45, 2.75) is 17.6 Å². The zero-order valence-corrected chi connectivity index (χ0v) is 9.90. The Kier molecular flexibility index (Phi) is 3.43. The minimum atomic E-state index is -0.933. The molecule has 17 heavy (non-hydrogen) atoms. The number of carboxylic acids is 1. The van der Waals surface area contributed by atoms with Gasteiger partial charge in [-0.25, -0.2) is 4.79 Å². The van der Waals surface area contributed by atoms with Gasteiger partial charge in [-0.2, -0.15) is 4.98 Å². The number of carboxylic acid groups (broad SMARTS) is 1. The maximum Gasteiger partial charge on any atom is 0.336 e. The lowest BCUT2D eigenvalue weighted by molar-refractivity contribution is 0.0693. The number of hydrogen-bond donors (Lipinski definition) is 1. The standard InChI is InChI=1S/C11H10N2O3S/c1-7-12-10(13-16-7)6-17-9-5-3-2-4-8(9)11(14)15/h2-5H,6H2,1H3,(H,14,15). The highest BCUT2D eigenvalue weighted by atomic mass is 32.2. The molecule has 0 bridgehead atoms. The number of aromatic carboxylic acids is 1. The Morgan fingerprint density at radius 3 is 2.88 bits per heavy atom. The molecule has 0 radical (unpaired) electrons. The predicted molar refractivity (Wildman–Crippen MR) is 62.0 cm³/mol. The normalized spacial score (nSPS) is 10.4. The van der Waals surface area contributed by atoms with Gasteiger partial charge in [-0.3, -0.25) is 0 Å². The number of aromatic nitrogens is 2. The lowest BCUT2D eigenvalue weighted by atomic mass is 10.2. The molecule has 1 aromatic heterocycles. The molecule has 1 aromatic carbocycles. The van der Waals surface area contributed by atoms with Gasteiger partial charge in [-0.15, -0.1) is 11.8 Å². The highest BCUT2D eigenvalue weighted by molar-refractivity contribution is 7.98. The van der Waals surface area contributed by atoms with Crippen LogP contribution in [0.2, 0.25) is 0 Å². The molecule has 1 N–H and O–H groups in total. The lowest BCUT2D eigenvalue weighted by Crippen LogP contribution is -1.98.